The maximum atomic E-state index is 9.03. The highest BCUT2D eigenvalue weighted by atomic mass is 35.5. The lowest BCUT2D eigenvalue weighted by molar-refractivity contribution is 0.267. The second-order valence-electron chi connectivity index (χ2n) is 4.29. The molecule has 1 rings (SSSR count). The van der Waals surface area contributed by atoms with Crippen LogP contribution >= 0.6 is 11.6 Å². The molecule has 0 saturated carbocycles. The van der Waals surface area contributed by atoms with Crippen molar-refractivity contribution in [3.63, 3.8) is 0 Å². The SMILES string of the molecule is CCNc1nc(Cl)nc(NC(CCO)C(C)C)n1. The molecule has 0 saturated heterocycles. The van der Waals surface area contributed by atoms with Gasteiger partial charge in [0.15, 0.2) is 0 Å². The standard InChI is InChI=1S/C11H20ClN5O/c1-4-13-10-15-9(12)16-11(17-10)14-8(5-6-18)7(2)3/h7-8,18H,4-6H2,1-3H3,(H2,13,14,15,16,17). The number of aromatic nitrogens is 3. The smallest absolute Gasteiger partial charge is 0.229 e. The normalized spacial score (nSPS) is 12.6. The second-order valence-corrected chi connectivity index (χ2v) is 4.63. The molecule has 1 atom stereocenters. The van der Waals surface area contributed by atoms with Crippen LogP contribution in [-0.4, -0.2) is 39.3 Å². The molecule has 0 bridgehead atoms. The largest absolute Gasteiger partial charge is 0.396 e. The zero-order valence-electron chi connectivity index (χ0n) is 10.9. The van der Waals surface area contributed by atoms with Crippen LogP contribution in [0.1, 0.15) is 27.2 Å². The molecule has 1 heterocycles. The van der Waals surface area contributed by atoms with E-state index in [4.69, 9.17) is 16.7 Å². The monoisotopic (exact) mass is 273 g/mol. The Morgan fingerprint density at radius 3 is 2.44 bits per heavy atom. The van der Waals surface area contributed by atoms with Gasteiger partial charge in [0.2, 0.25) is 17.2 Å². The van der Waals surface area contributed by atoms with Gasteiger partial charge in [0, 0.05) is 19.2 Å². The first kappa shape index (κ1) is 14.9. The van der Waals surface area contributed by atoms with E-state index in [-0.39, 0.29) is 17.9 Å². The van der Waals surface area contributed by atoms with Crippen LogP contribution in [0.5, 0.6) is 0 Å². The molecule has 3 N–H and O–H groups in total. The Balaban J connectivity index is 2.81. The van der Waals surface area contributed by atoms with Crippen LogP contribution in [0.15, 0.2) is 0 Å². The molecular formula is C11H20ClN5O. The molecular weight excluding hydrogens is 254 g/mol. The van der Waals surface area contributed by atoms with E-state index in [9.17, 15) is 0 Å². The number of halogens is 1. The Labute approximate surface area is 112 Å². The minimum absolute atomic E-state index is 0.0999. The Bertz CT molecular complexity index is 374. The number of anilines is 2. The van der Waals surface area contributed by atoms with E-state index in [0.717, 1.165) is 0 Å². The van der Waals surface area contributed by atoms with Gasteiger partial charge in [-0.05, 0) is 30.9 Å². The maximum absolute atomic E-state index is 9.03. The summed E-state index contributed by atoms with van der Waals surface area (Å²) in [5.41, 5.74) is 0. The Kier molecular flexibility index (Phi) is 6.07. The fourth-order valence-corrected chi connectivity index (χ4v) is 1.69. The van der Waals surface area contributed by atoms with Crippen molar-refractivity contribution in [2.75, 3.05) is 23.8 Å². The first-order valence-corrected chi connectivity index (χ1v) is 6.47. The molecule has 7 heteroatoms. The first-order valence-electron chi connectivity index (χ1n) is 6.09. The molecule has 1 unspecified atom stereocenters. The zero-order valence-corrected chi connectivity index (χ0v) is 11.7. The molecule has 0 aliphatic rings. The van der Waals surface area contributed by atoms with Crippen LogP contribution in [0.2, 0.25) is 5.28 Å². The highest BCUT2D eigenvalue weighted by Crippen LogP contribution is 2.14. The molecule has 1 aromatic heterocycles. The summed E-state index contributed by atoms with van der Waals surface area (Å²) in [5.74, 6) is 1.24. The average Bonchev–Trinajstić information content (AvgIpc) is 2.28. The summed E-state index contributed by atoms with van der Waals surface area (Å²) < 4.78 is 0. The molecule has 102 valence electrons. The summed E-state index contributed by atoms with van der Waals surface area (Å²) in [6.45, 7) is 6.93. The van der Waals surface area contributed by atoms with E-state index in [1.54, 1.807) is 0 Å². The fourth-order valence-electron chi connectivity index (χ4n) is 1.53. The highest BCUT2D eigenvalue weighted by molar-refractivity contribution is 6.28. The lowest BCUT2D eigenvalue weighted by atomic mass is 10.0. The van der Waals surface area contributed by atoms with E-state index < -0.39 is 0 Å². The van der Waals surface area contributed by atoms with Crippen LogP contribution in [-0.2, 0) is 0 Å². The van der Waals surface area contributed by atoms with Gasteiger partial charge in [0.1, 0.15) is 0 Å². The molecule has 1 aromatic rings. The van der Waals surface area contributed by atoms with Gasteiger partial charge in [-0.15, -0.1) is 0 Å². The number of nitrogens with one attached hydrogen (secondary N) is 2. The number of hydrogen-bond donors (Lipinski definition) is 3. The van der Waals surface area contributed by atoms with Crippen LogP contribution in [0.3, 0.4) is 0 Å². The maximum Gasteiger partial charge on any atom is 0.229 e. The van der Waals surface area contributed by atoms with Crippen LogP contribution in [0.25, 0.3) is 0 Å². The molecule has 0 radical (unpaired) electrons. The van der Waals surface area contributed by atoms with E-state index in [2.05, 4.69) is 39.4 Å². The van der Waals surface area contributed by atoms with Gasteiger partial charge in [-0.2, -0.15) is 15.0 Å². The Hall–Kier alpha value is -1.14. The Morgan fingerprint density at radius 2 is 1.89 bits per heavy atom. The lowest BCUT2D eigenvalue weighted by Crippen LogP contribution is -2.28. The molecule has 0 aliphatic heterocycles. The summed E-state index contributed by atoms with van der Waals surface area (Å²) in [5, 5.41) is 15.3. The number of aliphatic hydroxyl groups is 1. The zero-order chi connectivity index (χ0) is 13.5. The molecule has 18 heavy (non-hydrogen) atoms. The third-order valence-electron chi connectivity index (χ3n) is 2.50. The molecule has 0 aromatic carbocycles. The summed E-state index contributed by atoms with van der Waals surface area (Å²) in [7, 11) is 0. The predicted molar refractivity (Wildman–Crippen MR) is 73.0 cm³/mol. The highest BCUT2D eigenvalue weighted by Gasteiger charge is 2.15. The van der Waals surface area contributed by atoms with Crippen molar-refractivity contribution >= 4 is 23.5 Å². The van der Waals surface area contributed by atoms with Crippen molar-refractivity contribution in [2.45, 2.75) is 33.2 Å². The van der Waals surface area contributed by atoms with Crippen molar-refractivity contribution in [1.29, 1.82) is 0 Å². The number of aliphatic hydroxyl groups excluding tert-OH is 1. The van der Waals surface area contributed by atoms with Crippen molar-refractivity contribution in [1.82, 2.24) is 15.0 Å². The minimum Gasteiger partial charge on any atom is -0.396 e. The first-order chi connectivity index (χ1) is 8.56. The van der Waals surface area contributed by atoms with Crippen molar-refractivity contribution < 1.29 is 5.11 Å². The van der Waals surface area contributed by atoms with Gasteiger partial charge in [-0.1, -0.05) is 13.8 Å². The van der Waals surface area contributed by atoms with Gasteiger partial charge >= 0.3 is 0 Å². The van der Waals surface area contributed by atoms with Crippen LogP contribution < -0.4 is 10.6 Å². The van der Waals surface area contributed by atoms with Crippen LogP contribution in [0.4, 0.5) is 11.9 Å². The molecule has 0 fully saturated rings. The van der Waals surface area contributed by atoms with Gasteiger partial charge in [0.05, 0.1) is 0 Å². The number of hydrogen-bond acceptors (Lipinski definition) is 6. The van der Waals surface area contributed by atoms with Crippen molar-refractivity contribution in [3.8, 4) is 0 Å². The average molecular weight is 274 g/mol. The van der Waals surface area contributed by atoms with Crippen molar-refractivity contribution in [3.05, 3.63) is 5.28 Å². The van der Waals surface area contributed by atoms with Gasteiger partial charge < -0.3 is 15.7 Å². The van der Waals surface area contributed by atoms with E-state index >= 15 is 0 Å². The van der Waals surface area contributed by atoms with Gasteiger partial charge in [-0.25, -0.2) is 0 Å². The lowest BCUT2D eigenvalue weighted by Gasteiger charge is -2.21. The summed E-state index contributed by atoms with van der Waals surface area (Å²) in [6.07, 6.45) is 0.636. The topological polar surface area (TPSA) is 83.0 Å². The third-order valence-corrected chi connectivity index (χ3v) is 2.67. The van der Waals surface area contributed by atoms with Crippen LogP contribution in [0, 0.1) is 5.92 Å². The second kappa shape index (κ2) is 7.33. The third kappa shape index (κ3) is 4.62. The quantitative estimate of drug-likeness (QED) is 0.702. The number of rotatable bonds is 7. The predicted octanol–water partition coefficient (Wildman–Crippen LogP) is 1.78. The summed E-state index contributed by atoms with van der Waals surface area (Å²) in [4.78, 5) is 12.2. The van der Waals surface area contributed by atoms with E-state index in [1.165, 1.54) is 0 Å². The molecule has 0 aliphatic carbocycles. The Morgan fingerprint density at radius 1 is 1.22 bits per heavy atom. The summed E-state index contributed by atoms with van der Waals surface area (Å²) >= 11 is 5.83. The number of nitrogens with zero attached hydrogens (tertiary/aromatic N) is 3. The molecule has 6 nitrogen and oxygen atoms in total. The van der Waals surface area contributed by atoms with Gasteiger partial charge in [-0.3, -0.25) is 0 Å². The summed E-state index contributed by atoms with van der Waals surface area (Å²) in [6, 6.07) is 0.0999. The van der Waals surface area contributed by atoms with Crippen molar-refractivity contribution in [2.24, 2.45) is 5.92 Å². The fraction of sp³-hybridized carbons (Fsp3) is 0.727. The van der Waals surface area contributed by atoms with E-state index in [1.807, 2.05) is 6.92 Å². The molecule has 0 spiro atoms. The van der Waals surface area contributed by atoms with E-state index in [0.29, 0.717) is 30.8 Å². The molecule has 0 amide bonds. The van der Waals surface area contributed by atoms with Gasteiger partial charge in [0.25, 0.3) is 0 Å². The minimum atomic E-state index is 0.0999.